The average molecular weight is 345 g/mol. The van der Waals surface area contributed by atoms with Crippen LogP contribution < -0.4 is 15.6 Å². The number of aromatic nitrogens is 2. The maximum Gasteiger partial charge on any atom is 0.298 e. The van der Waals surface area contributed by atoms with Crippen LogP contribution in [0.25, 0.3) is 0 Å². The maximum atomic E-state index is 12.0. The highest BCUT2D eigenvalue weighted by Crippen LogP contribution is 2.23. The largest absolute Gasteiger partial charge is 0.468 e. The molecular formula is C13H19N3O8. The molecule has 11 nitrogen and oxygen atoms in total. The number of aliphatic hydroxyl groups excluding tert-OH is 4. The number of Topliss-reactive ketones (excluding diaryl/α,β-unsaturated/α-hetero) is 1. The van der Waals surface area contributed by atoms with Crippen LogP contribution in [-0.2, 0) is 4.74 Å². The van der Waals surface area contributed by atoms with E-state index >= 15 is 0 Å². The van der Waals surface area contributed by atoms with Crippen LogP contribution in [0.15, 0.2) is 4.79 Å². The summed E-state index contributed by atoms with van der Waals surface area (Å²) in [5.41, 5.74) is -1.09. The van der Waals surface area contributed by atoms with Crippen molar-refractivity contribution in [2.24, 2.45) is 0 Å². The van der Waals surface area contributed by atoms with Gasteiger partial charge in [0.25, 0.3) is 11.6 Å². The van der Waals surface area contributed by atoms with Crippen molar-refractivity contribution in [1.29, 1.82) is 0 Å². The molecule has 11 heteroatoms. The Morgan fingerprint density at radius 1 is 1.33 bits per heavy atom. The van der Waals surface area contributed by atoms with Crippen LogP contribution >= 0.6 is 0 Å². The summed E-state index contributed by atoms with van der Waals surface area (Å²) in [6.07, 6.45) is -7.23. The minimum absolute atomic E-state index is 0.183. The molecule has 0 radical (unpaired) electrons. The van der Waals surface area contributed by atoms with Gasteiger partial charge in [-0.15, -0.1) is 0 Å². The van der Waals surface area contributed by atoms with E-state index in [1.165, 1.54) is 7.11 Å². The lowest BCUT2D eigenvalue weighted by Gasteiger charge is -2.40. The average Bonchev–Trinajstić information content (AvgIpc) is 2.54. The Morgan fingerprint density at radius 3 is 2.54 bits per heavy atom. The number of rotatable bonds is 5. The zero-order valence-corrected chi connectivity index (χ0v) is 13.0. The van der Waals surface area contributed by atoms with Crippen LogP contribution in [0.3, 0.4) is 0 Å². The Hall–Kier alpha value is -2.05. The molecule has 2 heterocycles. The van der Waals surface area contributed by atoms with Crippen molar-refractivity contribution in [3.63, 3.8) is 0 Å². The predicted molar refractivity (Wildman–Crippen MR) is 78.8 cm³/mol. The molecule has 0 saturated carbocycles. The fourth-order valence-corrected chi connectivity index (χ4v) is 2.34. The van der Waals surface area contributed by atoms with Crippen LogP contribution in [0.5, 0.6) is 6.01 Å². The van der Waals surface area contributed by atoms with Gasteiger partial charge in [0.05, 0.1) is 13.7 Å². The second-order valence-electron chi connectivity index (χ2n) is 5.25. The number of H-pyrrole nitrogens is 1. The van der Waals surface area contributed by atoms with Crippen LogP contribution in [-0.4, -0.2) is 80.5 Å². The summed E-state index contributed by atoms with van der Waals surface area (Å²) in [5.74, 6) is -0.828. The molecule has 134 valence electrons. The predicted octanol–water partition coefficient (Wildman–Crippen LogP) is -2.81. The van der Waals surface area contributed by atoms with E-state index in [0.29, 0.717) is 0 Å². The van der Waals surface area contributed by atoms with Crippen LogP contribution in [0.2, 0.25) is 0 Å². The fourth-order valence-electron chi connectivity index (χ4n) is 2.34. The van der Waals surface area contributed by atoms with E-state index in [2.05, 4.69) is 15.3 Å². The summed E-state index contributed by atoms with van der Waals surface area (Å²) in [6.45, 7) is 0.534. The number of hydrogen-bond acceptors (Lipinski definition) is 10. The molecule has 1 fully saturated rings. The third kappa shape index (κ3) is 3.39. The second-order valence-corrected chi connectivity index (χ2v) is 5.25. The SMILES string of the molecule is COc1nc(N[C@@H]2O[C@@H](CO)[C@@H](O)[C@@H](O)[C@H]2O)c(C(C)=O)c(=O)[nH]1. The first-order valence-electron chi connectivity index (χ1n) is 7.06. The van der Waals surface area contributed by atoms with E-state index in [1.807, 2.05) is 0 Å². The molecule has 1 aromatic heterocycles. The number of carbonyl (C=O) groups excluding carboxylic acids is 1. The molecule has 0 aromatic carbocycles. The highest BCUT2D eigenvalue weighted by atomic mass is 16.6. The monoisotopic (exact) mass is 345 g/mol. The van der Waals surface area contributed by atoms with Gasteiger partial charge in [-0.2, -0.15) is 4.98 Å². The van der Waals surface area contributed by atoms with E-state index in [1.54, 1.807) is 0 Å². The molecular weight excluding hydrogens is 326 g/mol. The van der Waals surface area contributed by atoms with E-state index < -0.39 is 48.6 Å². The first kappa shape index (κ1) is 18.3. The third-order valence-corrected chi connectivity index (χ3v) is 3.61. The summed E-state index contributed by atoms with van der Waals surface area (Å²) in [4.78, 5) is 29.8. The van der Waals surface area contributed by atoms with Crippen molar-refractivity contribution in [2.75, 3.05) is 19.0 Å². The Morgan fingerprint density at radius 2 is 2.00 bits per heavy atom. The molecule has 1 aliphatic rings. The molecule has 0 unspecified atom stereocenters. The normalized spacial score (nSPS) is 30.0. The Kier molecular flexibility index (Phi) is 5.51. The number of nitrogens with zero attached hydrogens (tertiary/aromatic N) is 1. The van der Waals surface area contributed by atoms with Crippen LogP contribution in [0.1, 0.15) is 17.3 Å². The van der Waals surface area contributed by atoms with Gasteiger partial charge in [-0.1, -0.05) is 0 Å². The Balaban J connectivity index is 2.37. The quantitative estimate of drug-likeness (QED) is 0.306. The van der Waals surface area contributed by atoms with Gasteiger partial charge in [0, 0.05) is 0 Å². The van der Waals surface area contributed by atoms with Crippen molar-refractivity contribution in [3.05, 3.63) is 15.9 Å². The molecule has 0 amide bonds. The first-order valence-corrected chi connectivity index (χ1v) is 7.06. The van der Waals surface area contributed by atoms with Gasteiger partial charge in [0.2, 0.25) is 0 Å². The minimum Gasteiger partial charge on any atom is -0.468 e. The summed E-state index contributed by atoms with van der Waals surface area (Å²) >= 11 is 0. The van der Waals surface area contributed by atoms with Gasteiger partial charge in [-0.05, 0) is 6.92 Å². The van der Waals surface area contributed by atoms with E-state index in [-0.39, 0.29) is 17.4 Å². The van der Waals surface area contributed by atoms with Gasteiger partial charge >= 0.3 is 0 Å². The van der Waals surface area contributed by atoms with Gasteiger partial charge in [0.1, 0.15) is 35.8 Å². The van der Waals surface area contributed by atoms with Crippen molar-refractivity contribution < 1.29 is 34.7 Å². The van der Waals surface area contributed by atoms with Gasteiger partial charge in [-0.3, -0.25) is 14.6 Å². The molecule has 24 heavy (non-hydrogen) atoms. The van der Waals surface area contributed by atoms with Crippen LogP contribution in [0.4, 0.5) is 5.82 Å². The number of hydrogen-bond donors (Lipinski definition) is 6. The van der Waals surface area contributed by atoms with E-state index in [4.69, 9.17) is 14.6 Å². The number of ether oxygens (including phenoxy) is 2. The molecule has 1 aliphatic heterocycles. The lowest BCUT2D eigenvalue weighted by Crippen LogP contribution is -2.60. The highest BCUT2D eigenvalue weighted by Gasteiger charge is 2.44. The number of ketones is 1. The van der Waals surface area contributed by atoms with Crippen molar-refractivity contribution in [1.82, 2.24) is 9.97 Å². The summed E-state index contributed by atoms with van der Waals surface area (Å²) in [7, 11) is 1.25. The van der Waals surface area contributed by atoms with Gasteiger partial charge in [-0.25, -0.2) is 0 Å². The number of aromatic amines is 1. The zero-order chi connectivity index (χ0) is 18.0. The van der Waals surface area contributed by atoms with Gasteiger partial charge in [0.15, 0.2) is 12.0 Å². The van der Waals surface area contributed by atoms with Crippen molar-refractivity contribution in [2.45, 2.75) is 37.6 Å². The molecule has 6 N–H and O–H groups in total. The molecule has 0 spiro atoms. The van der Waals surface area contributed by atoms with E-state index in [9.17, 15) is 24.9 Å². The van der Waals surface area contributed by atoms with Crippen molar-refractivity contribution >= 4 is 11.6 Å². The topological polar surface area (TPSA) is 174 Å². The molecule has 1 saturated heterocycles. The Bertz CT molecular complexity index is 661. The smallest absolute Gasteiger partial charge is 0.298 e. The fraction of sp³-hybridized carbons (Fsp3) is 0.615. The van der Waals surface area contributed by atoms with Crippen molar-refractivity contribution in [3.8, 4) is 6.01 Å². The maximum absolute atomic E-state index is 12.0. The summed E-state index contributed by atoms with van der Waals surface area (Å²) in [6, 6.07) is -0.183. The second kappa shape index (κ2) is 7.23. The summed E-state index contributed by atoms with van der Waals surface area (Å²) in [5, 5.41) is 41.2. The number of methoxy groups -OCH3 is 1. The molecule has 1 aromatic rings. The Labute approximate surface area is 135 Å². The zero-order valence-electron chi connectivity index (χ0n) is 13.0. The van der Waals surface area contributed by atoms with Gasteiger partial charge < -0.3 is 35.2 Å². The van der Waals surface area contributed by atoms with Crippen LogP contribution in [0, 0.1) is 0 Å². The summed E-state index contributed by atoms with van der Waals surface area (Å²) < 4.78 is 10.1. The number of nitrogens with one attached hydrogen (secondary N) is 2. The third-order valence-electron chi connectivity index (χ3n) is 3.61. The van der Waals surface area contributed by atoms with E-state index in [0.717, 1.165) is 6.92 Å². The first-order chi connectivity index (χ1) is 11.3. The number of anilines is 1. The molecule has 0 bridgehead atoms. The molecule has 5 atom stereocenters. The molecule has 0 aliphatic carbocycles. The number of aliphatic hydroxyl groups is 4. The number of carbonyl (C=O) groups is 1. The lowest BCUT2D eigenvalue weighted by molar-refractivity contribution is -0.221. The molecule has 2 rings (SSSR count). The lowest BCUT2D eigenvalue weighted by atomic mass is 9.98. The standard InChI is InChI=1S/C13H19N3O8/c1-4(18)6-10(15-13(23-2)16-11(6)22)14-12-9(21)8(20)7(19)5(3-17)24-12/h5,7-9,12,17,19-21H,3H2,1-2H3,(H2,14,15,16,22)/t5-,7+,8+,9+,12+/m0/s1. The minimum atomic E-state index is -1.61. The highest BCUT2D eigenvalue weighted by molar-refractivity contribution is 5.98.